The quantitative estimate of drug-likeness (QED) is 0.473. The van der Waals surface area contributed by atoms with Gasteiger partial charge in [-0.2, -0.15) is 0 Å². The summed E-state index contributed by atoms with van der Waals surface area (Å²) in [6.07, 6.45) is 1.19. The van der Waals surface area contributed by atoms with Crippen molar-refractivity contribution < 1.29 is 9.94 Å². The summed E-state index contributed by atoms with van der Waals surface area (Å²) in [6, 6.07) is 3.16. The largest absolute Gasteiger partial charge is 0.495 e. The second kappa shape index (κ2) is 4.35. The molecule has 0 aliphatic carbocycles. The van der Waals surface area contributed by atoms with E-state index in [0.29, 0.717) is 21.4 Å². The molecule has 0 aliphatic heterocycles. The first kappa shape index (κ1) is 10.2. The van der Waals surface area contributed by atoms with Crippen LogP contribution in [-0.2, 0) is 0 Å². The lowest BCUT2D eigenvalue weighted by molar-refractivity contribution is 0.322. The van der Waals surface area contributed by atoms with E-state index in [2.05, 4.69) is 5.16 Å². The van der Waals surface area contributed by atoms with Gasteiger partial charge in [-0.15, -0.1) is 0 Å². The minimum Gasteiger partial charge on any atom is -0.495 e. The Morgan fingerprint density at radius 3 is 2.69 bits per heavy atom. The van der Waals surface area contributed by atoms with E-state index in [0.717, 1.165) is 0 Å². The van der Waals surface area contributed by atoms with Gasteiger partial charge in [-0.25, -0.2) is 0 Å². The highest BCUT2D eigenvalue weighted by atomic mass is 35.5. The lowest BCUT2D eigenvalue weighted by atomic mass is 10.2. The summed E-state index contributed by atoms with van der Waals surface area (Å²) < 4.78 is 4.95. The molecule has 1 rings (SSSR count). The summed E-state index contributed by atoms with van der Waals surface area (Å²) in [5.41, 5.74) is 0.508. The first-order valence-electron chi connectivity index (χ1n) is 3.39. The van der Waals surface area contributed by atoms with Crippen molar-refractivity contribution in [1.82, 2.24) is 0 Å². The van der Waals surface area contributed by atoms with Gasteiger partial charge >= 0.3 is 0 Å². The highest BCUT2D eigenvalue weighted by molar-refractivity contribution is 6.36. The molecule has 0 aliphatic rings. The van der Waals surface area contributed by atoms with Crippen LogP contribution in [0.3, 0.4) is 0 Å². The van der Waals surface area contributed by atoms with E-state index < -0.39 is 0 Å². The molecule has 70 valence electrons. The number of nitrogens with zero attached hydrogens (tertiary/aromatic N) is 1. The van der Waals surface area contributed by atoms with Gasteiger partial charge < -0.3 is 9.94 Å². The third-order valence-corrected chi connectivity index (χ3v) is 2.07. The Morgan fingerprint density at radius 2 is 2.15 bits per heavy atom. The highest BCUT2D eigenvalue weighted by Gasteiger charge is 2.07. The van der Waals surface area contributed by atoms with Gasteiger partial charge in [0.15, 0.2) is 0 Å². The molecule has 0 aromatic heterocycles. The standard InChI is InChI=1S/C8H7Cl2NO2/c1-13-7-3-6(9)2-5(4-11-12)8(7)10/h2-4,12H,1H3/b11-4-. The Labute approximate surface area is 85.5 Å². The number of halogens is 2. The maximum atomic E-state index is 8.33. The molecule has 0 saturated carbocycles. The highest BCUT2D eigenvalue weighted by Crippen LogP contribution is 2.30. The topological polar surface area (TPSA) is 41.8 Å². The number of hydrogen-bond acceptors (Lipinski definition) is 3. The summed E-state index contributed by atoms with van der Waals surface area (Å²) in [5, 5.41) is 12.0. The molecule has 0 saturated heterocycles. The van der Waals surface area contributed by atoms with Crippen LogP contribution in [0.2, 0.25) is 10.0 Å². The Bertz CT molecular complexity index is 339. The fourth-order valence-corrected chi connectivity index (χ4v) is 1.34. The van der Waals surface area contributed by atoms with Crippen molar-refractivity contribution in [2.45, 2.75) is 0 Å². The second-order valence-electron chi connectivity index (χ2n) is 2.26. The summed E-state index contributed by atoms with van der Waals surface area (Å²) in [7, 11) is 1.48. The van der Waals surface area contributed by atoms with Crippen molar-refractivity contribution in [1.29, 1.82) is 0 Å². The number of hydrogen-bond donors (Lipinski definition) is 1. The van der Waals surface area contributed by atoms with E-state index in [1.165, 1.54) is 13.3 Å². The fraction of sp³-hybridized carbons (Fsp3) is 0.125. The zero-order chi connectivity index (χ0) is 9.84. The number of rotatable bonds is 2. The van der Waals surface area contributed by atoms with Crippen LogP contribution >= 0.6 is 23.2 Å². The Kier molecular flexibility index (Phi) is 3.39. The van der Waals surface area contributed by atoms with Gasteiger partial charge in [0.05, 0.1) is 18.3 Å². The number of benzene rings is 1. The van der Waals surface area contributed by atoms with Crippen LogP contribution in [0, 0.1) is 0 Å². The second-order valence-corrected chi connectivity index (χ2v) is 3.07. The van der Waals surface area contributed by atoms with Crippen molar-refractivity contribution >= 4 is 29.4 Å². The molecule has 3 nitrogen and oxygen atoms in total. The summed E-state index contributed by atoms with van der Waals surface area (Å²) in [6.45, 7) is 0. The fourth-order valence-electron chi connectivity index (χ4n) is 0.889. The lowest BCUT2D eigenvalue weighted by Gasteiger charge is -2.05. The van der Waals surface area contributed by atoms with E-state index in [1.807, 2.05) is 0 Å². The van der Waals surface area contributed by atoms with Crippen LogP contribution in [0.5, 0.6) is 5.75 Å². The molecular formula is C8H7Cl2NO2. The van der Waals surface area contributed by atoms with Crippen molar-refractivity contribution in [2.75, 3.05) is 7.11 Å². The monoisotopic (exact) mass is 219 g/mol. The molecule has 0 amide bonds. The van der Waals surface area contributed by atoms with Gasteiger partial charge in [0.25, 0.3) is 0 Å². The van der Waals surface area contributed by atoms with Gasteiger partial charge in [-0.05, 0) is 6.07 Å². The molecule has 0 spiro atoms. The molecule has 0 bridgehead atoms. The summed E-state index contributed by atoms with van der Waals surface area (Å²) >= 11 is 11.6. The first-order valence-corrected chi connectivity index (χ1v) is 4.15. The number of oxime groups is 1. The van der Waals surface area contributed by atoms with Crippen molar-refractivity contribution in [3.63, 3.8) is 0 Å². The smallest absolute Gasteiger partial charge is 0.139 e. The van der Waals surface area contributed by atoms with Crippen LogP contribution in [0.25, 0.3) is 0 Å². The number of methoxy groups -OCH3 is 1. The minimum absolute atomic E-state index is 0.365. The predicted molar refractivity (Wildman–Crippen MR) is 52.4 cm³/mol. The summed E-state index contributed by atoms with van der Waals surface area (Å²) in [4.78, 5) is 0. The average molecular weight is 220 g/mol. The Morgan fingerprint density at radius 1 is 1.46 bits per heavy atom. The van der Waals surface area contributed by atoms with E-state index in [9.17, 15) is 0 Å². The molecule has 0 heterocycles. The zero-order valence-electron chi connectivity index (χ0n) is 6.79. The van der Waals surface area contributed by atoms with Crippen LogP contribution in [0.1, 0.15) is 5.56 Å². The maximum absolute atomic E-state index is 8.33. The Balaban J connectivity index is 3.26. The van der Waals surface area contributed by atoms with E-state index >= 15 is 0 Å². The third-order valence-electron chi connectivity index (χ3n) is 1.45. The first-order chi connectivity index (χ1) is 6.19. The van der Waals surface area contributed by atoms with Gasteiger partial charge in [-0.3, -0.25) is 0 Å². The molecule has 0 unspecified atom stereocenters. The van der Waals surface area contributed by atoms with E-state index in [1.54, 1.807) is 12.1 Å². The molecule has 0 atom stereocenters. The molecule has 5 heteroatoms. The summed E-state index contributed by atoms with van der Waals surface area (Å²) in [5.74, 6) is 0.448. The molecule has 0 radical (unpaired) electrons. The predicted octanol–water partition coefficient (Wildman–Crippen LogP) is 2.81. The maximum Gasteiger partial charge on any atom is 0.139 e. The average Bonchev–Trinajstić information content (AvgIpc) is 2.11. The van der Waals surface area contributed by atoms with Crippen LogP contribution in [-0.4, -0.2) is 18.5 Å². The van der Waals surface area contributed by atoms with Crippen LogP contribution < -0.4 is 4.74 Å². The van der Waals surface area contributed by atoms with Crippen LogP contribution in [0.15, 0.2) is 17.3 Å². The van der Waals surface area contributed by atoms with Gasteiger partial charge in [-0.1, -0.05) is 28.4 Å². The number of ether oxygens (including phenoxy) is 1. The van der Waals surface area contributed by atoms with Gasteiger partial charge in [0.2, 0.25) is 0 Å². The molecule has 1 aromatic rings. The molecule has 0 fully saturated rings. The zero-order valence-corrected chi connectivity index (χ0v) is 8.30. The minimum atomic E-state index is 0.365. The van der Waals surface area contributed by atoms with Crippen molar-refractivity contribution in [3.8, 4) is 5.75 Å². The third kappa shape index (κ3) is 2.26. The van der Waals surface area contributed by atoms with E-state index in [4.69, 9.17) is 33.1 Å². The van der Waals surface area contributed by atoms with Crippen LogP contribution in [0.4, 0.5) is 0 Å². The molecule has 1 N–H and O–H groups in total. The van der Waals surface area contributed by atoms with Crippen molar-refractivity contribution in [3.05, 3.63) is 27.7 Å². The normalized spacial score (nSPS) is 10.7. The van der Waals surface area contributed by atoms with Gasteiger partial charge in [0, 0.05) is 16.7 Å². The lowest BCUT2D eigenvalue weighted by Crippen LogP contribution is -1.89. The Hall–Kier alpha value is -0.930. The van der Waals surface area contributed by atoms with Gasteiger partial charge in [0.1, 0.15) is 5.75 Å². The molecular weight excluding hydrogens is 213 g/mol. The van der Waals surface area contributed by atoms with Crippen molar-refractivity contribution in [2.24, 2.45) is 5.16 Å². The van der Waals surface area contributed by atoms with E-state index in [-0.39, 0.29) is 0 Å². The SMILES string of the molecule is COc1cc(Cl)cc(/C=N\O)c1Cl. The molecule has 1 aromatic carbocycles. The molecule has 13 heavy (non-hydrogen) atoms.